The molecule has 0 aliphatic heterocycles. The second-order valence-corrected chi connectivity index (χ2v) is 5.56. The molecule has 3 rings (SSSR count). The number of aryl methyl sites for hydroxylation is 1. The Morgan fingerprint density at radius 1 is 0.963 bits per heavy atom. The van der Waals surface area contributed by atoms with E-state index in [0.717, 1.165) is 0 Å². The number of aromatic amines is 1. The minimum absolute atomic E-state index is 0.0635. The topological polar surface area (TPSA) is 127 Å². The number of ether oxygens (including phenoxy) is 1. The Kier molecular flexibility index (Phi) is 6.49. The number of hydrogen-bond donors (Lipinski definition) is 2. The number of carbonyl (C=O) groups excluding carboxylic acids is 1. The molecule has 2 aromatic carbocycles. The van der Waals surface area contributed by atoms with Crippen molar-refractivity contribution >= 4 is 17.8 Å². The average Bonchev–Trinajstić information content (AvgIpc) is 2.63. The van der Waals surface area contributed by atoms with Crippen LogP contribution in [0.15, 0.2) is 66.9 Å². The zero-order valence-electron chi connectivity index (χ0n) is 14.5. The van der Waals surface area contributed by atoms with Crippen molar-refractivity contribution in [1.82, 2.24) is 0 Å². The SMILES string of the molecule is Cc1cc[nH+]c(N)c1.O=C([O-])c1ccc(Oc2ccc(C(=O)O)cc2)cc1. The van der Waals surface area contributed by atoms with Gasteiger partial charge in [0, 0.05) is 6.07 Å². The molecule has 0 aliphatic carbocycles. The van der Waals surface area contributed by atoms with E-state index in [1.807, 2.05) is 25.3 Å². The molecule has 0 aliphatic rings. The van der Waals surface area contributed by atoms with E-state index >= 15 is 0 Å². The van der Waals surface area contributed by atoms with Crippen LogP contribution in [0.1, 0.15) is 26.3 Å². The van der Waals surface area contributed by atoms with E-state index in [-0.39, 0.29) is 11.1 Å². The van der Waals surface area contributed by atoms with Crippen LogP contribution in [-0.2, 0) is 0 Å². The standard InChI is InChI=1S/C14H10O5.C6H8N2/c15-13(16)9-1-5-11(6-2-9)19-12-7-3-10(4-8-12)14(17)18;1-5-2-3-8-6(7)4-5/h1-8H,(H,15,16)(H,17,18);2-4H,1H3,(H2,7,8). The number of nitrogens with two attached hydrogens (primary N) is 1. The fourth-order valence-corrected chi connectivity index (χ4v) is 2.07. The van der Waals surface area contributed by atoms with Crippen molar-refractivity contribution in [3.8, 4) is 11.5 Å². The monoisotopic (exact) mass is 366 g/mol. The van der Waals surface area contributed by atoms with Gasteiger partial charge in [-0.05, 0) is 72.6 Å². The van der Waals surface area contributed by atoms with Gasteiger partial charge in [0.25, 0.3) is 5.82 Å². The van der Waals surface area contributed by atoms with Crippen molar-refractivity contribution in [2.45, 2.75) is 6.92 Å². The van der Waals surface area contributed by atoms with Gasteiger partial charge in [0.05, 0.1) is 17.7 Å². The van der Waals surface area contributed by atoms with E-state index < -0.39 is 11.9 Å². The van der Waals surface area contributed by atoms with Crippen LogP contribution >= 0.6 is 0 Å². The first-order chi connectivity index (χ1) is 12.8. The maximum absolute atomic E-state index is 10.7. The predicted octanol–water partition coefficient (Wildman–Crippen LogP) is 1.93. The van der Waals surface area contributed by atoms with Gasteiger partial charge in [-0.1, -0.05) is 0 Å². The number of nitrogen functional groups attached to an aromatic ring is 1. The number of pyridine rings is 1. The molecule has 0 unspecified atom stereocenters. The Balaban J connectivity index is 0.000000273. The molecular formula is C20H18N2O5. The van der Waals surface area contributed by atoms with Gasteiger partial charge < -0.3 is 19.7 Å². The summed E-state index contributed by atoms with van der Waals surface area (Å²) in [6, 6.07) is 15.5. The summed E-state index contributed by atoms with van der Waals surface area (Å²) < 4.78 is 5.44. The molecule has 0 bridgehead atoms. The lowest BCUT2D eigenvalue weighted by molar-refractivity contribution is -0.360. The normalized spacial score (nSPS) is 9.67. The van der Waals surface area contributed by atoms with Gasteiger partial charge in [0.2, 0.25) is 0 Å². The molecule has 1 aromatic heterocycles. The highest BCUT2D eigenvalue weighted by atomic mass is 16.5. The van der Waals surface area contributed by atoms with Crippen molar-refractivity contribution < 1.29 is 29.5 Å². The fourth-order valence-electron chi connectivity index (χ4n) is 2.07. The molecule has 1 heterocycles. The first-order valence-corrected chi connectivity index (χ1v) is 7.91. The van der Waals surface area contributed by atoms with Crippen LogP contribution in [0.3, 0.4) is 0 Å². The fraction of sp³-hybridized carbons (Fsp3) is 0.0500. The summed E-state index contributed by atoms with van der Waals surface area (Å²) in [6.07, 6.45) is 1.82. The van der Waals surface area contributed by atoms with Crippen molar-refractivity contribution in [1.29, 1.82) is 0 Å². The van der Waals surface area contributed by atoms with Crippen molar-refractivity contribution in [3.05, 3.63) is 83.6 Å². The molecule has 7 nitrogen and oxygen atoms in total. The third-order valence-corrected chi connectivity index (χ3v) is 3.41. The van der Waals surface area contributed by atoms with Crippen LogP contribution in [0.5, 0.6) is 11.5 Å². The summed E-state index contributed by atoms with van der Waals surface area (Å²) in [7, 11) is 0. The van der Waals surface area contributed by atoms with Crippen LogP contribution < -0.4 is 20.6 Å². The second kappa shape index (κ2) is 9.00. The van der Waals surface area contributed by atoms with Crippen LogP contribution in [0.25, 0.3) is 0 Å². The molecule has 0 amide bonds. The number of anilines is 1. The van der Waals surface area contributed by atoms with Gasteiger partial charge in [0.15, 0.2) is 0 Å². The number of H-pyrrole nitrogens is 1. The summed E-state index contributed by atoms with van der Waals surface area (Å²) >= 11 is 0. The van der Waals surface area contributed by atoms with Gasteiger partial charge >= 0.3 is 5.97 Å². The van der Waals surface area contributed by atoms with Gasteiger partial charge in [-0.2, -0.15) is 0 Å². The summed E-state index contributed by atoms with van der Waals surface area (Å²) in [6.45, 7) is 2.00. The summed E-state index contributed by atoms with van der Waals surface area (Å²) in [5.74, 6) is -0.633. The molecule has 27 heavy (non-hydrogen) atoms. The minimum Gasteiger partial charge on any atom is -0.545 e. The maximum atomic E-state index is 10.7. The lowest BCUT2D eigenvalue weighted by Gasteiger charge is -2.07. The van der Waals surface area contributed by atoms with Crippen LogP contribution in [0.2, 0.25) is 0 Å². The zero-order valence-corrected chi connectivity index (χ0v) is 14.5. The first kappa shape index (κ1) is 19.5. The van der Waals surface area contributed by atoms with Crippen LogP contribution in [0, 0.1) is 6.92 Å². The minimum atomic E-state index is -1.25. The Bertz CT molecular complexity index is 849. The lowest BCUT2D eigenvalue weighted by Crippen LogP contribution is -2.21. The molecule has 0 saturated heterocycles. The van der Waals surface area contributed by atoms with Gasteiger partial charge in [-0.3, -0.25) is 5.73 Å². The molecule has 4 N–H and O–H groups in total. The second-order valence-electron chi connectivity index (χ2n) is 5.56. The van der Waals surface area contributed by atoms with Crippen molar-refractivity contribution in [2.75, 3.05) is 5.73 Å². The highest BCUT2D eigenvalue weighted by molar-refractivity contribution is 5.87. The van der Waals surface area contributed by atoms with Gasteiger partial charge in [-0.15, -0.1) is 0 Å². The summed E-state index contributed by atoms with van der Waals surface area (Å²) in [5, 5.41) is 19.3. The van der Waals surface area contributed by atoms with E-state index in [1.165, 1.54) is 54.1 Å². The maximum Gasteiger partial charge on any atom is 0.335 e. The van der Waals surface area contributed by atoms with E-state index in [1.54, 1.807) is 0 Å². The zero-order chi connectivity index (χ0) is 19.8. The Hall–Kier alpha value is -3.87. The average molecular weight is 366 g/mol. The highest BCUT2D eigenvalue weighted by Crippen LogP contribution is 2.22. The third kappa shape index (κ3) is 6.17. The Labute approximate surface area is 155 Å². The molecule has 0 saturated carbocycles. The van der Waals surface area contributed by atoms with Gasteiger partial charge in [-0.25, -0.2) is 9.78 Å². The molecule has 3 aromatic rings. The summed E-state index contributed by atoms with van der Waals surface area (Å²) in [4.78, 5) is 24.1. The Morgan fingerprint density at radius 3 is 1.85 bits per heavy atom. The largest absolute Gasteiger partial charge is 0.545 e. The van der Waals surface area contributed by atoms with E-state index in [0.29, 0.717) is 17.3 Å². The van der Waals surface area contributed by atoms with Crippen molar-refractivity contribution in [2.24, 2.45) is 0 Å². The smallest absolute Gasteiger partial charge is 0.335 e. The molecule has 0 radical (unpaired) electrons. The highest BCUT2D eigenvalue weighted by Gasteiger charge is 2.03. The lowest BCUT2D eigenvalue weighted by atomic mass is 10.2. The van der Waals surface area contributed by atoms with Gasteiger partial charge in [0.1, 0.15) is 11.5 Å². The number of benzene rings is 2. The number of nitrogens with one attached hydrogen (secondary N) is 1. The number of carbonyl (C=O) groups is 2. The predicted molar refractivity (Wildman–Crippen MR) is 96.4 cm³/mol. The molecule has 0 spiro atoms. The molecule has 0 atom stereocenters. The number of carboxylic acid groups (broad SMARTS) is 2. The van der Waals surface area contributed by atoms with E-state index in [2.05, 4.69) is 4.98 Å². The molecule has 7 heteroatoms. The number of aromatic carboxylic acids is 2. The number of rotatable bonds is 4. The van der Waals surface area contributed by atoms with E-state index in [4.69, 9.17) is 15.6 Å². The van der Waals surface area contributed by atoms with Crippen LogP contribution in [0.4, 0.5) is 5.82 Å². The molecular weight excluding hydrogens is 348 g/mol. The number of carboxylic acids is 2. The van der Waals surface area contributed by atoms with Crippen LogP contribution in [-0.4, -0.2) is 17.0 Å². The summed E-state index contributed by atoms with van der Waals surface area (Å²) in [5.41, 5.74) is 6.81. The number of aromatic nitrogens is 1. The molecule has 0 fully saturated rings. The quantitative estimate of drug-likeness (QED) is 0.726. The van der Waals surface area contributed by atoms with Crippen molar-refractivity contribution in [3.63, 3.8) is 0 Å². The number of hydrogen-bond acceptors (Lipinski definition) is 5. The molecule has 138 valence electrons. The Morgan fingerprint density at radius 2 is 1.48 bits per heavy atom. The van der Waals surface area contributed by atoms with E-state index in [9.17, 15) is 14.7 Å². The first-order valence-electron chi connectivity index (χ1n) is 7.91. The third-order valence-electron chi connectivity index (χ3n) is 3.41.